The third kappa shape index (κ3) is 20.1. The number of fused-ring (bicyclic) bond motifs is 15. The molecule has 0 unspecified atom stereocenters. The highest BCUT2D eigenvalue weighted by atomic mass is 16.5. The summed E-state index contributed by atoms with van der Waals surface area (Å²) in [6, 6.07) is 55.4. The Morgan fingerprint density at radius 3 is 0.642 bits per heavy atom. The number of methoxy groups -OCH3 is 3. The molecule has 3 N–H and O–H groups in total. The van der Waals surface area contributed by atoms with Crippen LogP contribution in [0.4, 0.5) is 0 Å². The molecule has 10 aromatic carbocycles. The van der Waals surface area contributed by atoms with Gasteiger partial charge in [-0.2, -0.15) is 0 Å². The zero-order valence-electron chi connectivity index (χ0n) is 74.6. The van der Waals surface area contributed by atoms with E-state index in [1.165, 1.54) is 0 Å². The normalized spacial score (nSPS) is 15.0. The molecule has 15 nitrogen and oxygen atoms in total. The van der Waals surface area contributed by atoms with Gasteiger partial charge < -0.3 is 58.6 Å². The Morgan fingerprint density at radius 1 is 0.258 bits per heavy atom. The van der Waals surface area contributed by atoms with Gasteiger partial charge in [-0.3, -0.25) is 14.4 Å². The Balaban J connectivity index is 1.13. The van der Waals surface area contributed by atoms with Gasteiger partial charge in [0.15, 0.2) is 0 Å². The number of benzene rings is 10. The van der Waals surface area contributed by atoms with Gasteiger partial charge in [-0.15, -0.1) is 0 Å². The molecule has 3 amide bonds. The van der Waals surface area contributed by atoms with Crippen molar-refractivity contribution in [2.75, 3.05) is 60.8 Å². The number of para-hydroxylation sites is 3. The van der Waals surface area contributed by atoms with E-state index in [9.17, 15) is 14.4 Å². The van der Waals surface area contributed by atoms with E-state index in [0.717, 1.165) is 134 Å². The minimum absolute atomic E-state index is 0.0505. The lowest BCUT2D eigenvalue weighted by Crippen LogP contribution is -2.29. The minimum atomic E-state index is -0.352. The lowest BCUT2D eigenvalue weighted by atomic mass is 9.79. The highest BCUT2D eigenvalue weighted by Gasteiger charge is 2.33. The molecule has 630 valence electrons. The van der Waals surface area contributed by atoms with Gasteiger partial charge in [0.25, 0.3) is 17.7 Å². The van der Waals surface area contributed by atoms with Crippen LogP contribution < -0.4 is 58.6 Å². The molecule has 0 radical (unpaired) electrons. The molecule has 1 aliphatic carbocycles. The van der Waals surface area contributed by atoms with Crippen LogP contribution in [0.15, 0.2) is 164 Å². The summed E-state index contributed by atoms with van der Waals surface area (Å²) in [6.07, 6.45) is 2.38. The number of hydrogen-bond donors (Lipinski definition) is 3. The van der Waals surface area contributed by atoms with E-state index in [1.54, 1.807) is 57.7 Å². The van der Waals surface area contributed by atoms with E-state index >= 15 is 0 Å². The van der Waals surface area contributed by atoms with E-state index in [0.29, 0.717) is 89.7 Å². The number of hydrogen-bond acceptors (Lipinski definition) is 12. The molecule has 120 heavy (non-hydrogen) atoms. The van der Waals surface area contributed by atoms with Crippen LogP contribution in [0.3, 0.4) is 0 Å². The van der Waals surface area contributed by atoms with Gasteiger partial charge in [0.2, 0.25) is 0 Å². The van der Waals surface area contributed by atoms with Crippen LogP contribution in [0.5, 0.6) is 51.7 Å². The summed E-state index contributed by atoms with van der Waals surface area (Å²) in [5.74, 6) is 4.40. The summed E-state index contributed by atoms with van der Waals surface area (Å²) in [5, 5.41) is 9.71. The minimum Gasteiger partial charge on any atom is -0.496 e. The Hall–Kier alpha value is -11.2. The van der Waals surface area contributed by atoms with Gasteiger partial charge in [0.05, 0.1) is 57.7 Å². The van der Waals surface area contributed by atoms with Crippen molar-refractivity contribution < 1.29 is 57.0 Å². The van der Waals surface area contributed by atoms with Crippen molar-refractivity contribution in [1.29, 1.82) is 0 Å². The molecule has 4 aliphatic rings. The molecule has 3 aliphatic heterocycles. The number of carbonyl (C=O) groups is 3. The fraction of sp³-hybridized carbons (Fsp3) is 0.400. The van der Waals surface area contributed by atoms with Crippen LogP contribution in [0, 0.1) is 0 Å². The van der Waals surface area contributed by atoms with Gasteiger partial charge in [0, 0.05) is 38.5 Å². The first-order valence-corrected chi connectivity index (χ1v) is 42.4. The molecule has 0 atom stereocenters. The molecule has 14 rings (SSSR count). The van der Waals surface area contributed by atoms with Crippen molar-refractivity contribution in [3.63, 3.8) is 0 Å². The molecule has 0 spiro atoms. The van der Waals surface area contributed by atoms with Crippen molar-refractivity contribution >= 4 is 17.7 Å². The van der Waals surface area contributed by atoms with Crippen molar-refractivity contribution in [2.24, 2.45) is 0 Å². The molecule has 0 aromatic heterocycles. The summed E-state index contributed by atoms with van der Waals surface area (Å²) in [7, 11) is 5.32. The van der Waals surface area contributed by atoms with Crippen molar-refractivity contribution in [2.45, 2.75) is 215 Å². The molecular formula is C105H123N3O12. The second-order valence-electron chi connectivity index (χ2n) is 38.7. The van der Waals surface area contributed by atoms with Crippen molar-refractivity contribution in [3.05, 3.63) is 297 Å². The van der Waals surface area contributed by atoms with E-state index in [-0.39, 0.29) is 109 Å². The van der Waals surface area contributed by atoms with Crippen LogP contribution in [0.25, 0.3) is 0 Å². The SMILES string of the molecule is COc1c2cc(C(C)(C)C)cc1Cc1cc(C(C)(C)C)cc3c1OCCNC(=O)c1ccccc1OCc1cc4cc(c1)COc1ccccc1C(=O)NCCOc1c(cc(C(C)(C)C)cc1Cc1cc(C(C)(C)C)cc(c1OC)C3)Cc1cc(C(C)(C)C)cc(c1OC)Cc1cc(C(C)(C)C)cc(c1OCCNC(=O)c1ccccc1OC4)C2. The number of rotatable bonds is 3. The van der Waals surface area contributed by atoms with Gasteiger partial charge in [0.1, 0.15) is 91.4 Å². The first kappa shape index (κ1) is 86.7. The lowest BCUT2D eigenvalue weighted by Gasteiger charge is -2.29. The maximum atomic E-state index is 14.9. The summed E-state index contributed by atoms with van der Waals surface area (Å²) in [4.78, 5) is 44.8. The highest BCUT2D eigenvalue weighted by Crippen LogP contribution is 2.47. The van der Waals surface area contributed by atoms with Gasteiger partial charge in [-0.1, -0.05) is 234 Å². The van der Waals surface area contributed by atoms with Crippen molar-refractivity contribution in [3.8, 4) is 51.7 Å². The molecule has 3 heterocycles. The second kappa shape index (κ2) is 35.2. The largest absolute Gasteiger partial charge is 0.496 e. The smallest absolute Gasteiger partial charge is 0.255 e. The van der Waals surface area contributed by atoms with Crippen LogP contribution in [0.2, 0.25) is 0 Å². The van der Waals surface area contributed by atoms with E-state index in [1.807, 2.05) is 54.6 Å². The first-order valence-electron chi connectivity index (χ1n) is 42.4. The van der Waals surface area contributed by atoms with Gasteiger partial charge in [-0.05, 0) is 204 Å². The highest BCUT2D eigenvalue weighted by molar-refractivity contribution is 5.98. The summed E-state index contributed by atoms with van der Waals surface area (Å²) >= 11 is 0. The average Bonchev–Trinajstić information content (AvgIpc) is 0.753. The molecule has 15 heteroatoms. The van der Waals surface area contributed by atoms with Crippen LogP contribution in [-0.4, -0.2) is 78.5 Å². The van der Waals surface area contributed by atoms with Gasteiger partial charge in [-0.25, -0.2) is 0 Å². The van der Waals surface area contributed by atoms with Crippen LogP contribution >= 0.6 is 0 Å². The molecule has 0 fully saturated rings. The zero-order chi connectivity index (χ0) is 86.0. The quantitative estimate of drug-likeness (QED) is 0.153. The third-order valence-electron chi connectivity index (χ3n) is 23.1. The summed E-state index contributed by atoms with van der Waals surface area (Å²) < 4.78 is 63.1. The van der Waals surface area contributed by atoms with Gasteiger partial charge >= 0.3 is 0 Å². The number of ether oxygens (including phenoxy) is 9. The first-order chi connectivity index (χ1) is 56.8. The number of amides is 3. The maximum absolute atomic E-state index is 14.9. The predicted molar refractivity (Wildman–Crippen MR) is 480 cm³/mol. The topological polar surface area (TPSA) is 170 Å². The van der Waals surface area contributed by atoms with Crippen LogP contribution in [0.1, 0.15) is 273 Å². The zero-order valence-corrected chi connectivity index (χ0v) is 74.6. The molecule has 18 bridgehead atoms. The third-order valence-corrected chi connectivity index (χ3v) is 23.1. The van der Waals surface area contributed by atoms with E-state index < -0.39 is 0 Å². The number of nitrogens with one attached hydrogen (secondary N) is 3. The molecular weight excluding hydrogens is 1500 g/mol. The summed E-state index contributed by atoms with van der Waals surface area (Å²) in [6.45, 7) is 41.5. The standard InChI is InChI=1S/C105H123N3O12/c1-100(2,3)79-49-67-43-73-55-82(103(10,11)12)57-75-45-69-51-80(101(4,5)6)53-71(92(69)113-20)47-77-59-84(105(16,17)18)60-78-48-72-54-81(102(7,8)9)52-70(93(72)114-21)46-76-58-83(104(13,14)15)56-74(44-68(50-79)91(67)112-19)95(76)116-38-35-107-98(110)86-29-23-26-32-89(86)119-62-65-40-64(61-118-88-31-25-22-28-85(88)97(109)106-34-37-115-94(73)75)41-66(42-65)63-120-90-33-27-24-30-87(90)99(111)108-36-39-117-96(77)78/h22-33,40-42,49-60H,34-39,43-48,61-63H2,1-21H3,(H,106,109)(H,107,110)(H,108,111). The Labute approximate surface area is 712 Å². The monoisotopic (exact) mass is 1620 g/mol. The maximum Gasteiger partial charge on any atom is 0.255 e. The number of carbonyl (C=O) groups excluding carboxylic acids is 3. The summed E-state index contributed by atoms with van der Waals surface area (Å²) in [5.41, 5.74) is 19.4. The Morgan fingerprint density at radius 2 is 0.450 bits per heavy atom. The van der Waals surface area contributed by atoms with Crippen LogP contribution in [-0.2, 0) is 90.8 Å². The predicted octanol–water partition coefficient (Wildman–Crippen LogP) is 21.1. The second-order valence-corrected chi connectivity index (χ2v) is 38.7. The lowest BCUT2D eigenvalue weighted by molar-refractivity contribution is 0.0934. The van der Waals surface area contributed by atoms with Crippen molar-refractivity contribution in [1.82, 2.24) is 16.0 Å². The molecule has 10 aromatic rings. The molecule has 0 saturated carbocycles. The average molecular weight is 1620 g/mol. The Bertz CT molecular complexity index is 4800. The Kier molecular flexibility index (Phi) is 25.4. The fourth-order valence-electron chi connectivity index (χ4n) is 16.4. The fourth-order valence-corrected chi connectivity index (χ4v) is 16.4. The van der Waals surface area contributed by atoms with E-state index in [2.05, 4.69) is 213 Å². The molecule has 0 saturated heterocycles. The van der Waals surface area contributed by atoms with E-state index in [4.69, 9.17) is 42.6 Å².